The van der Waals surface area contributed by atoms with E-state index in [-0.39, 0.29) is 0 Å². The van der Waals surface area contributed by atoms with Crippen LogP contribution < -0.4 is 11.1 Å². The van der Waals surface area contributed by atoms with Crippen molar-refractivity contribution in [1.29, 1.82) is 0 Å². The van der Waals surface area contributed by atoms with Crippen molar-refractivity contribution in [2.24, 2.45) is 5.73 Å². The van der Waals surface area contributed by atoms with Crippen LogP contribution in [0.25, 0.3) is 0 Å². The maximum Gasteiger partial charge on any atom is 0.0211 e. The highest BCUT2D eigenvalue weighted by molar-refractivity contribution is 5.32. The number of aryl methyl sites for hydroxylation is 1. The first-order chi connectivity index (χ1) is 6.65. The van der Waals surface area contributed by atoms with Crippen molar-refractivity contribution in [2.75, 3.05) is 6.54 Å². The molecule has 1 aromatic rings. The van der Waals surface area contributed by atoms with Gasteiger partial charge in [-0.15, -0.1) is 0 Å². The molecule has 3 N–H and O–H groups in total. The van der Waals surface area contributed by atoms with E-state index < -0.39 is 0 Å². The summed E-state index contributed by atoms with van der Waals surface area (Å²) in [4.78, 5) is 0. The van der Waals surface area contributed by atoms with Gasteiger partial charge in [-0.25, -0.2) is 0 Å². The van der Waals surface area contributed by atoms with Crippen molar-refractivity contribution >= 4 is 0 Å². The maximum absolute atomic E-state index is 5.54. The summed E-state index contributed by atoms with van der Waals surface area (Å²) in [6, 6.07) is 6.80. The third kappa shape index (κ3) is 2.82. The van der Waals surface area contributed by atoms with Crippen molar-refractivity contribution in [3.8, 4) is 0 Å². The van der Waals surface area contributed by atoms with Crippen molar-refractivity contribution in [3.05, 3.63) is 34.9 Å². The van der Waals surface area contributed by atoms with Crippen LogP contribution in [0.3, 0.4) is 0 Å². The number of hydrogen-bond donors (Lipinski definition) is 2. The van der Waals surface area contributed by atoms with Crippen LogP contribution in [-0.2, 0) is 6.54 Å². The summed E-state index contributed by atoms with van der Waals surface area (Å²) in [5.74, 6) is 0. The predicted molar refractivity (Wildman–Crippen MR) is 61.3 cm³/mol. The van der Waals surface area contributed by atoms with Gasteiger partial charge < -0.3 is 11.1 Å². The molecule has 1 atom stereocenters. The molecular weight excluding hydrogens is 172 g/mol. The largest absolute Gasteiger partial charge is 0.329 e. The zero-order valence-corrected chi connectivity index (χ0v) is 9.30. The SMILES string of the molecule is Cc1cccc(CN[C@@H](C)CN)c1C. The van der Waals surface area contributed by atoms with E-state index in [4.69, 9.17) is 5.73 Å². The molecule has 14 heavy (non-hydrogen) atoms. The molecule has 0 amide bonds. The lowest BCUT2D eigenvalue weighted by molar-refractivity contribution is 0.555. The van der Waals surface area contributed by atoms with Crippen molar-refractivity contribution in [3.63, 3.8) is 0 Å². The van der Waals surface area contributed by atoms with E-state index in [2.05, 4.69) is 44.3 Å². The van der Waals surface area contributed by atoms with Crippen molar-refractivity contribution in [1.82, 2.24) is 5.32 Å². The lowest BCUT2D eigenvalue weighted by Gasteiger charge is -2.13. The Hall–Kier alpha value is -0.860. The normalized spacial score (nSPS) is 12.9. The molecule has 1 rings (SSSR count). The minimum atomic E-state index is 0.384. The van der Waals surface area contributed by atoms with Gasteiger partial charge in [0.2, 0.25) is 0 Å². The Balaban J connectivity index is 2.63. The average molecular weight is 192 g/mol. The van der Waals surface area contributed by atoms with Crippen molar-refractivity contribution in [2.45, 2.75) is 33.4 Å². The van der Waals surface area contributed by atoms with Crippen molar-refractivity contribution < 1.29 is 0 Å². The Bertz CT molecular complexity index is 294. The summed E-state index contributed by atoms with van der Waals surface area (Å²) in [7, 11) is 0. The molecule has 0 unspecified atom stereocenters. The minimum Gasteiger partial charge on any atom is -0.329 e. The van der Waals surface area contributed by atoms with Gasteiger partial charge in [0.15, 0.2) is 0 Å². The summed E-state index contributed by atoms with van der Waals surface area (Å²) >= 11 is 0. The van der Waals surface area contributed by atoms with Gasteiger partial charge in [-0.1, -0.05) is 18.2 Å². The fourth-order valence-corrected chi connectivity index (χ4v) is 1.37. The first-order valence-electron chi connectivity index (χ1n) is 5.13. The molecule has 1 aromatic carbocycles. The third-order valence-corrected chi connectivity index (χ3v) is 2.71. The van der Waals surface area contributed by atoms with E-state index >= 15 is 0 Å². The van der Waals surface area contributed by atoms with E-state index in [1.807, 2.05) is 0 Å². The van der Waals surface area contributed by atoms with Gasteiger partial charge in [-0.2, -0.15) is 0 Å². The van der Waals surface area contributed by atoms with Gasteiger partial charge in [0.05, 0.1) is 0 Å². The van der Waals surface area contributed by atoms with Crippen LogP contribution in [0.4, 0.5) is 0 Å². The molecule has 0 aliphatic carbocycles. The molecule has 0 radical (unpaired) electrons. The van der Waals surface area contributed by atoms with Gasteiger partial charge in [0, 0.05) is 19.1 Å². The lowest BCUT2D eigenvalue weighted by atomic mass is 10.0. The highest BCUT2D eigenvalue weighted by Gasteiger charge is 2.02. The second kappa shape index (κ2) is 5.13. The summed E-state index contributed by atoms with van der Waals surface area (Å²) < 4.78 is 0. The standard InChI is InChI=1S/C12H20N2/c1-9-5-4-6-12(11(9)3)8-14-10(2)7-13/h4-6,10,14H,7-8,13H2,1-3H3/t10-/m0/s1. The molecule has 2 nitrogen and oxygen atoms in total. The first-order valence-corrected chi connectivity index (χ1v) is 5.13. The molecule has 0 bridgehead atoms. The first kappa shape index (κ1) is 11.2. The van der Waals surface area contributed by atoms with Crippen LogP contribution in [0.1, 0.15) is 23.6 Å². The van der Waals surface area contributed by atoms with E-state index in [0.29, 0.717) is 12.6 Å². The quantitative estimate of drug-likeness (QED) is 0.762. The van der Waals surface area contributed by atoms with E-state index in [1.54, 1.807) is 0 Å². The van der Waals surface area contributed by atoms with Crippen LogP contribution in [0.2, 0.25) is 0 Å². The molecule has 0 spiro atoms. The van der Waals surface area contributed by atoms with Crippen LogP contribution in [-0.4, -0.2) is 12.6 Å². The summed E-state index contributed by atoms with van der Waals surface area (Å²) in [5, 5.41) is 3.39. The summed E-state index contributed by atoms with van der Waals surface area (Å²) in [6.07, 6.45) is 0. The topological polar surface area (TPSA) is 38.0 Å². The van der Waals surface area contributed by atoms with Gasteiger partial charge in [0.25, 0.3) is 0 Å². The fraction of sp³-hybridized carbons (Fsp3) is 0.500. The zero-order valence-electron chi connectivity index (χ0n) is 9.30. The predicted octanol–water partition coefficient (Wildman–Crippen LogP) is 1.74. The monoisotopic (exact) mass is 192 g/mol. The third-order valence-electron chi connectivity index (χ3n) is 2.71. The molecule has 0 saturated heterocycles. The molecular formula is C12H20N2. The Kier molecular flexibility index (Phi) is 4.11. The Morgan fingerprint density at radius 1 is 1.36 bits per heavy atom. The molecule has 2 heteroatoms. The average Bonchev–Trinajstić information content (AvgIpc) is 2.20. The molecule has 0 aliphatic heterocycles. The van der Waals surface area contributed by atoms with Gasteiger partial charge >= 0.3 is 0 Å². The second-order valence-corrected chi connectivity index (χ2v) is 3.88. The number of nitrogens with two attached hydrogens (primary N) is 1. The maximum atomic E-state index is 5.54. The molecule has 78 valence electrons. The Morgan fingerprint density at radius 2 is 2.07 bits per heavy atom. The molecule has 0 heterocycles. The minimum absolute atomic E-state index is 0.384. The zero-order chi connectivity index (χ0) is 10.6. The number of rotatable bonds is 4. The number of nitrogens with one attached hydrogen (secondary N) is 1. The molecule has 0 fully saturated rings. The molecule has 0 aromatic heterocycles. The van der Waals surface area contributed by atoms with E-state index in [0.717, 1.165) is 6.54 Å². The molecule has 0 aliphatic rings. The Morgan fingerprint density at radius 3 is 2.71 bits per heavy atom. The van der Waals surface area contributed by atoms with E-state index in [1.165, 1.54) is 16.7 Å². The van der Waals surface area contributed by atoms with Gasteiger partial charge in [-0.05, 0) is 37.5 Å². The molecule has 0 saturated carbocycles. The van der Waals surface area contributed by atoms with Gasteiger partial charge in [-0.3, -0.25) is 0 Å². The van der Waals surface area contributed by atoms with Gasteiger partial charge in [0.1, 0.15) is 0 Å². The lowest BCUT2D eigenvalue weighted by Crippen LogP contribution is -2.32. The Labute approximate surface area is 86.5 Å². The fourth-order valence-electron chi connectivity index (χ4n) is 1.37. The summed E-state index contributed by atoms with van der Waals surface area (Å²) in [5.41, 5.74) is 9.64. The van der Waals surface area contributed by atoms with Crippen LogP contribution in [0.5, 0.6) is 0 Å². The summed E-state index contributed by atoms with van der Waals surface area (Å²) in [6.45, 7) is 8.01. The van der Waals surface area contributed by atoms with Crippen LogP contribution in [0, 0.1) is 13.8 Å². The van der Waals surface area contributed by atoms with E-state index in [9.17, 15) is 0 Å². The highest BCUT2D eigenvalue weighted by Crippen LogP contribution is 2.12. The van der Waals surface area contributed by atoms with Crippen LogP contribution in [0.15, 0.2) is 18.2 Å². The number of benzene rings is 1. The van der Waals surface area contributed by atoms with Crippen LogP contribution >= 0.6 is 0 Å². The second-order valence-electron chi connectivity index (χ2n) is 3.88. The number of hydrogen-bond acceptors (Lipinski definition) is 2. The smallest absolute Gasteiger partial charge is 0.0211 e. The highest BCUT2D eigenvalue weighted by atomic mass is 14.9.